The second kappa shape index (κ2) is 4.26. The van der Waals surface area contributed by atoms with Gasteiger partial charge in [-0.05, 0) is 60.5 Å². The van der Waals surface area contributed by atoms with Crippen molar-refractivity contribution < 1.29 is 5.11 Å². The molecule has 1 aromatic rings. The van der Waals surface area contributed by atoms with Gasteiger partial charge in [0.1, 0.15) is 5.75 Å². The van der Waals surface area contributed by atoms with Crippen molar-refractivity contribution in [3.05, 3.63) is 28.8 Å². The standard InChI is InChI=1S/C18H26O/c1-11-7-15(14-10-12-5-6-13(14)9-12)17(19)16(8-11)18(2,3)4/h7-8,12-14,19H,5-6,9-10H2,1-4H3. The van der Waals surface area contributed by atoms with Crippen molar-refractivity contribution in [2.45, 2.75) is 64.7 Å². The van der Waals surface area contributed by atoms with Gasteiger partial charge in [-0.25, -0.2) is 0 Å². The van der Waals surface area contributed by atoms with E-state index in [0.29, 0.717) is 11.7 Å². The van der Waals surface area contributed by atoms with Crippen molar-refractivity contribution in [1.82, 2.24) is 0 Å². The summed E-state index contributed by atoms with van der Waals surface area (Å²) in [6.45, 7) is 8.72. The highest BCUT2D eigenvalue weighted by atomic mass is 16.3. The van der Waals surface area contributed by atoms with Gasteiger partial charge in [0.2, 0.25) is 0 Å². The Hall–Kier alpha value is -0.980. The lowest BCUT2D eigenvalue weighted by molar-refractivity contribution is 0.389. The molecule has 2 saturated carbocycles. The van der Waals surface area contributed by atoms with Crippen molar-refractivity contribution in [1.29, 1.82) is 0 Å². The van der Waals surface area contributed by atoms with Crippen molar-refractivity contribution in [3.8, 4) is 5.75 Å². The SMILES string of the molecule is Cc1cc(C2CC3CCC2C3)c(O)c(C(C)(C)C)c1. The van der Waals surface area contributed by atoms with Gasteiger partial charge in [0, 0.05) is 0 Å². The first-order valence-electron chi connectivity index (χ1n) is 7.70. The monoisotopic (exact) mass is 258 g/mol. The predicted molar refractivity (Wildman–Crippen MR) is 79.7 cm³/mol. The highest BCUT2D eigenvalue weighted by Gasteiger charge is 2.41. The molecule has 2 aliphatic carbocycles. The Morgan fingerprint density at radius 3 is 2.37 bits per heavy atom. The topological polar surface area (TPSA) is 20.2 Å². The lowest BCUT2D eigenvalue weighted by Gasteiger charge is -2.28. The summed E-state index contributed by atoms with van der Waals surface area (Å²) in [5.74, 6) is 2.94. The van der Waals surface area contributed by atoms with Crippen LogP contribution < -0.4 is 0 Å². The second-order valence-corrected chi connectivity index (χ2v) is 7.78. The molecule has 0 saturated heterocycles. The normalized spacial score (nSPS) is 30.0. The Morgan fingerprint density at radius 1 is 1.11 bits per heavy atom. The summed E-state index contributed by atoms with van der Waals surface area (Å²) >= 11 is 0. The van der Waals surface area contributed by atoms with Crippen LogP contribution >= 0.6 is 0 Å². The average molecular weight is 258 g/mol. The summed E-state index contributed by atoms with van der Waals surface area (Å²) in [6, 6.07) is 4.39. The van der Waals surface area contributed by atoms with E-state index in [4.69, 9.17) is 0 Å². The van der Waals surface area contributed by atoms with Crippen molar-refractivity contribution in [2.24, 2.45) is 11.8 Å². The molecule has 3 rings (SSSR count). The lowest BCUT2D eigenvalue weighted by Crippen LogP contribution is -2.15. The summed E-state index contributed by atoms with van der Waals surface area (Å²) in [5.41, 5.74) is 3.66. The molecule has 19 heavy (non-hydrogen) atoms. The van der Waals surface area contributed by atoms with Crippen LogP contribution in [0.5, 0.6) is 5.75 Å². The van der Waals surface area contributed by atoms with Gasteiger partial charge in [-0.15, -0.1) is 0 Å². The Morgan fingerprint density at radius 2 is 1.84 bits per heavy atom. The number of phenolic OH excluding ortho intramolecular Hbond substituents is 1. The van der Waals surface area contributed by atoms with Gasteiger partial charge >= 0.3 is 0 Å². The third-order valence-corrected chi connectivity index (χ3v) is 5.23. The number of phenols is 1. The smallest absolute Gasteiger partial charge is 0.122 e. The van der Waals surface area contributed by atoms with E-state index < -0.39 is 0 Å². The number of fused-ring (bicyclic) bond motifs is 2. The fourth-order valence-corrected chi connectivity index (χ4v) is 4.29. The van der Waals surface area contributed by atoms with Crippen LogP contribution in [0.4, 0.5) is 0 Å². The van der Waals surface area contributed by atoms with E-state index in [-0.39, 0.29) is 5.41 Å². The fraction of sp³-hybridized carbons (Fsp3) is 0.667. The van der Waals surface area contributed by atoms with Crippen molar-refractivity contribution in [3.63, 3.8) is 0 Å². The molecule has 0 aliphatic heterocycles. The maximum absolute atomic E-state index is 10.7. The van der Waals surface area contributed by atoms with E-state index in [1.807, 2.05) is 0 Å². The summed E-state index contributed by atoms with van der Waals surface area (Å²) in [6.07, 6.45) is 5.47. The minimum Gasteiger partial charge on any atom is -0.507 e. The maximum Gasteiger partial charge on any atom is 0.122 e. The van der Waals surface area contributed by atoms with Gasteiger partial charge in [0.25, 0.3) is 0 Å². The summed E-state index contributed by atoms with van der Waals surface area (Å²) in [7, 11) is 0. The van der Waals surface area contributed by atoms with Gasteiger partial charge in [-0.2, -0.15) is 0 Å². The van der Waals surface area contributed by atoms with Crippen LogP contribution in [0.25, 0.3) is 0 Å². The molecule has 0 radical (unpaired) electrons. The average Bonchev–Trinajstić information content (AvgIpc) is 2.92. The lowest BCUT2D eigenvalue weighted by atomic mass is 9.78. The van der Waals surface area contributed by atoms with E-state index in [2.05, 4.69) is 39.8 Å². The molecule has 0 heterocycles. The first-order valence-corrected chi connectivity index (χ1v) is 7.70. The van der Waals surface area contributed by atoms with Gasteiger partial charge in [0.15, 0.2) is 0 Å². The molecule has 1 aromatic carbocycles. The number of aromatic hydroxyl groups is 1. The summed E-state index contributed by atoms with van der Waals surface area (Å²) in [4.78, 5) is 0. The zero-order chi connectivity index (χ0) is 13.8. The Kier molecular flexibility index (Phi) is 2.92. The molecule has 104 valence electrons. The Bertz CT molecular complexity index is 495. The maximum atomic E-state index is 10.7. The molecule has 3 atom stereocenters. The molecule has 3 unspecified atom stereocenters. The van der Waals surface area contributed by atoms with E-state index in [9.17, 15) is 5.11 Å². The van der Waals surface area contributed by atoms with Crippen LogP contribution in [0.15, 0.2) is 12.1 Å². The summed E-state index contributed by atoms with van der Waals surface area (Å²) in [5, 5.41) is 10.7. The van der Waals surface area contributed by atoms with E-state index >= 15 is 0 Å². The number of rotatable bonds is 1. The number of benzene rings is 1. The zero-order valence-corrected chi connectivity index (χ0v) is 12.7. The highest BCUT2D eigenvalue weighted by Crippen LogP contribution is 2.55. The molecule has 2 fully saturated rings. The first kappa shape index (κ1) is 13.0. The Balaban J connectivity index is 2.04. The molecule has 0 aromatic heterocycles. The predicted octanol–water partition coefficient (Wildman–Crippen LogP) is 4.90. The van der Waals surface area contributed by atoms with Crippen molar-refractivity contribution in [2.75, 3.05) is 0 Å². The van der Waals surface area contributed by atoms with E-state index in [1.165, 1.54) is 36.8 Å². The van der Waals surface area contributed by atoms with Crippen LogP contribution in [-0.2, 0) is 5.41 Å². The highest BCUT2D eigenvalue weighted by molar-refractivity contribution is 5.49. The van der Waals surface area contributed by atoms with Crippen LogP contribution in [0.1, 0.15) is 69.1 Å². The van der Waals surface area contributed by atoms with Crippen molar-refractivity contribution >= 4 is 0 Å². The summed E-state index contributed by atoms with van der Waals surface area (Å²) < 4.78 is 0. The Labute approximate surface area is 117 Å². The zero-order valence-electron chi connectivity index (χ0n) is 12.7. The third-order valence-electron chi connectivity index (χ3n) is 5.23. The van der Waals surface area contributed by atoms with Crippen LogP contribution in [0.2, 0.25) is 0 Å². The molecule has 0 amide bonds. The minimum atomic E-state index is 0.0163. The number of hydrogen-bond acceptors (Lipinski definition) is 1. The molecular formula is C18H26O. The molecule has 1 heteroatoms. The largest absolute Gasteiger partial charge is 0.507 e. The fourth-order valence-electron chi connectivity index (χ4n) is 4.29. The van der Waals surface area contributed by atoms with Crippen LogP contribution in [-0.4, -0.2) is 5.11 Å². The van der Waals surface area contributed by atoms with Gasteiger partial charge in [0.05, 0.1) is 0 Å². The molecule has 1 nitrogen and oxygen atoms in total. The second-order valence-electron chi connectivity index (χ2n) is 7.78. The molecule has 1 N–H and O–H groups in total. The van der Waals surface area contributed by atoms with Gasteiger partial charge in [-0.1, -0.05) is 44.9 Å². The number of hydrogen-bond donors (Lipinski definition) is 1. The van der Waals surface area contributed by atoms with Crippen LogP contribution in [0, 0.1) is 18.8 Å². The molecule has 0 spiro atoms. The molecule has 2 bridgehead atoms. The van der Waals surface area contributed by atoms with Crippen LogP contribution in [0.3, 0.4) is 0 Å². The quantitative estimate of drug-likeness (QED) is 0.759. The van der Waals surface area contributed by atoms with Gasteiger partial charge < -0.3 is 5.11 Å². The minimum absolute atomic E-state index is 0.0163. The van der Waals surface area contributed by atoms with E-state index in [1.54, 1.807) is 0 Å². The molecular weight excluding hydrogens is 232 g/mol. The number of aryl methyl sites for hydroxylation is 1. The third kappa shape index (κ3) is 2.17. The first-order chi connectivity index (χ1) is 8.86. The van der Waals surface area contributed by atoms with Gasteiger partial charge in [-0.3, -0.25) is 0 Å². The van der Waals surface area contributed by atoms with E-state index in [0.717, 1.165) is 17.4 Å². The molecule has 2 aliphatic rings.